The Hall–Kier alpha value is -2.65. The number of alkyl halides is 1. The van der Waals surface area contributed by atoms with Crippen molar-refractivity contribution in [1.82, 2.24) is 10.2 Å². The first-order chi connectivity index (χ1) is 23.7. The van der Waals surface area contributed by atoms with Crippen molar-refractivity contribution in [2.45, 2.75) is 50.7 Å². The molecular weight excluding hydrogens is 759 g/mol. The van der Waals surface area contributed by atoms with Crippen LogP contribution in [-0.2, 0) is 0 Å². The molecule has 4 aromatic carbocycles. The molecule has 0 amide bonds. The van der Waals surface area contributed by atoms with Gasteiger partial charge in [-0.1, -0.05) is 75.5 Å². The maximum Gasteiger partial charge on any atom is 0.120 e. The molecule has 2 fully saturated rings. The van der Waals surface area contributed by atoms with Crippen LogP contribution < -0.4 is 24.3 Å². The van der Waals surface area contributed by atoms with Crippen molar-refractivity contribution in [2.75, 3.05) is 51.3 Å². The van der Waals surface area contributed by atoms with Crippen LogP contribution in [0.1, 0.15) is 39.5 Å². The predicted octanol–water partition coefficient (Wildman–Crippen LogP) is 10.4. The van der Waals surface area contributed by atoms with Gasteiger partial charge in [0.1, 0.15) is 40.8 Å². The Morgan fingerprint density at radius 2 is 1.16 bits per heavy atom. The summed E-state index contributed by atoms with van der Waals surface area (Å²) >= 11 is 15.0. The summed E-state index contributed by atoms with van der Waals surface area (Å²) in [6.45, 7) is 10.7. The summed E-state index contributed by atoms with van der Waals surface area (Å²) in [5, 5.41) is 5.71. The molecule has 2 heterocycles. The molecule has 2 aliphatic rings. The quantitative estimate of drug-likeness (QED) is 0.152. The third-order valence-corrected chi connectivity index (χ3v) is 8.99. The van der Waals surface area contributed by atoms with Crippen molar-refractivity contribution in [3.05, 3.63) is 119 Å². The van der Waals surface area contributed by atoms with Gasteiger partial charge in [-0.2, -0.15) is 0 Å². The standard InChI is InChI=1S/C20H24ClNO2.C12H16ClNO.C8H9BrO.ClH/c1-20(24-19-10-8-17(21)9-11-19)12-5-13-22(16-20)14-15-23-18-6-3-2-4-7-18;1-12(7-2-8-14-9-12)15-11-5-3-10(13)4-6-11;9-6-7-10-8-4-2-1-3-5-8;/h2-4,6-11H,5,12-16H2,1H3;3-6,14H,2,7-9H2,1H3;1-5H,6-7H2;1H. The molecule has 2 saturated heterocycles. The summed E-state index contributed by atoms with van der Waals surface area (Å²) in [6, 6.07) is 34.9. The van der Waals surface area contributed by atoms with Gasteiger partial charge in [0.05, 0.1) is 6.61 Å². The molecule has 50 heavy (non-hydrogen) atoms. The number of hydrogen-bond acceptors (Lipinski definition) is 6. The van der Waals surface area contributed by atoms with E-state index in [0.29, 0.717) is 6.61 Å². The fraction of sp³-hybridized carbons (Fsp3) is 0.400. The molecule has 1 N–H and O–H groups in total. The highest BCUT2D eigenvalue weighted by molar-refractivity contribution is 9.09. The average Bonchev–Trinajstić information content (AvgIpc) is 3.11. The Kier molecular flexibility index (Phi) is 18.6. The van der Waals surface area contributed by atoms with E-state index in [1.165, 1.54) is 6.42 Å². The summed E-state index contributed by atoms with van der Waals surface area (Å²) in [5.74, 6) is 3.63. The van der Waals surface area contributed by atoms with Gasteiger partial charge < -0.3 is 24.3 Å². The molecule has 6 nitrogen and oxygen atoms in total. The van der Waals surface area contributed by atoms with Crippen molar-refractivity contribution in [3.8, 4) is 23.0 Å². The molecule has 6 rings (SSSR count). The van der Waals surface area contributed by atoms with Crippen molar-refractivity contribution in [3.63, 3.8) is 0 Å². The Bertz CT molecular complexity index is 1460. The topological polar surface area (TPSA) is 52.2 Å². The van der Waals surface area contributed by atoms with Crippen LogP contribution in [0.3, 0.4) is 0 Å². The number of piperidine rings is 2. The first-order valence-corrected chi connectivity index (χ1v) is 18.9. The number of hydrogen-bond donors (Lipinski definition) is 1. The van der Waals surface area contributed by atoms with E-state index in [1.54, 1.807) is 0 Å². The third-order valence-electron chi connectivity index (χ3n) is 8.16. The van der Waals surface area contributed by atoms with Crippen LogP contribution in [0.4, 0.5) is 0 Å². The molecule has 0 aliphatic carbocycles. The minimum atomic E-state index is -0.168. The normalized spacial score (nSPS) is 20.0. The second-order valence-electron chi connectivity index (χ2n) is 12.7. The number of halogens is 4. The van der Waals surface area contributed by atoms with Crippen LogP contribution >= 0.6 is 51.5 Å². The van der Waals surface area contributed by atoms with Gasteiger partial charge in [-0.15, -0.1) is 12.4 Å². The number of nitrogens with zero attached hydrogens (tertiary/aromatic N) is 1. The summed E-state index contributed by atoms with van der Waals surface area (Å²) in [6.07, 6.45) is 4.47. The van der Waals surface area contributed by atoms with E-state index in [0.717, 1.165) is 97.0 Å². The van der Waals surface area contributed by atoms with Crippen LogP contribution in [0.25, 0.3) is 0 Å². The van der Waals surface area contributed by atoms with E-state index in [4.69, 9.17) is 42.1 Å². The lowest BCUT2D eigenvalue weighted by atomic mass is 9.94. The smallest absolute Gasteiger partial charge is 0.120 e. The second-order valence-corrected chi connectivity index (χ2v) is 14.3. The lowest BCUT2D eigenvalue weighted by Crippen LogP contribution is -2.50. The average molecular weight is 809 g/mol. The largest absolute Gasteiger partial charge is 0.493 e. The third kappa shape index (κ3) is 15.7. The van der Waals surface area contributed by atoms with Gasteiger partial charge in [-0.3, -0.25) is 4.90 Å². The zero-order valence-electron chi connectivity index (χ0n) is 29.0. The van der Waals surface area contributed by atoms with E-state index < -0.39 is 0 Å². The maximum atomic E-state index is 6.25. The summed E-state index contributed by atoms with van der Waals surface area (Å²) in [4.78, 5) is 2.42. The summed E-state index contributed by atoms with van der Waals surface area (Å²) in [7, 11) is 0. The number of nitrogens with one attached hydrogen (secondary N) is 1. The lowest BCUT2D eigenvalue weighted by molar-refractivity contribution is 0.00214. The Balaban J connectivity index is 0.000000222. The molecule has 4 aromatic rings. The molecule has 0 aromatic heterocycles. The minimum Gasteiger partial charge on any atom is -0.493 e. The second kappa shape index (κ2) is 22.3. The fourth-order valence-corrected chi connectivity index (χ4v) is 6.17. The van der Waals surface area contributed by atoms with Gasteiger partial charge in [0.2, 0.25) is 0 Å². The van der Waals surface area contributed by atoms with E-state index in [2.05, 4.69) is 40.0 Å². The van der Waals surface area contributed by atoms with E-state index in [1.807, 2.05) is 109 Å². The van der Waals surface area contributed by atoms with Crippen molar-refractivity contribution in [2.24, 2.45) is 0 Å². The monoisotopic (exact) mass is 806 g/mol. The molecule has 0 radical (unpaired) electrons. The first kappa shape index (κ1) is 41.8. The highest BCUT2D eigenvalue weighted by Gasteiger charge is 2.33. The highest BCUT2D eigenvalue weighted by atomic mass is 79.9. The van der Waals surface area contributed by atoms with Gasteiger partial charge in [-0.25, -0.2) is 0 Å². The Labute approximate surface area is 323 Å². The number of benzene rings is 4. The van der Waals surface area contributed by atoms with Crippen molar-refractivity contribution >= 4 is 51.5 Å². The fourth-order valence-electron chi connectivity index (χ4n) is 5.75. The molecule has 2 atom stereocenters. The van der Waals surface area contributed by atoms with Gasteiger partial charge >= 0.3 is 0 Å². The molecule has 0 saturated carbocycles. The molecule has 0 bridgehead atoms. The molecule has 10 heteroatoms. The Morgan fingerprint density at radius 1 is 0.660 bits per heavy atom. The lowest BCUT2D eigenvalue weighted by Gasteiger charge is -2.40. The SMILES string of the molecule is BrCCOc1ccccc1.CC1(Oc2ccc(Cl)cc2)CCCN(CCOc2ccccc2)C1.CC1(Oc2ccc(Cl)cc2)CCCNC1.Cl. The van der Waals surface area contributed by atoms with Gasteiger partial charge in [0.25, 0.3) is 0 Å². The zero-order chi connectivity index (χ0) is 34.8. The number of likely N-dealkylation sites (tertiary alicyclic amines) is 1. The van der Waals surface area contributed by atoms with Gasteiger partial charge in [0, 0.05) is 35.0 Å². The Morgan fingerprint density at radius 3 is 1.66 bits per heavy atom. The van der Waals surface area contributed by atoms with Crippen LogP contribution in [-0.4, -0.2) is 67.4 Å². The maximum absolute atomic E-state index is 6.25. The predicted molar refractivity (Wildman–Crippen MR) is 214 cm³/mol. The molecule has 2 aliphatic heterocycles. The molecule has 2 unspecified atom stereocenters. The molecule has 272 valence electrons. The molecular formula is C40H50BrCl3N2O4. The molecule has 0 spiro atoms. The van der Waals surface area contributed by atoms with Crippen molar-refractivity contribution in [1.29, 1.82) is 0 Å². The van der Waals surface area contributed by atoms with Crippen LogP contribution in [0.15, 0.2) is 109 Å². The zero-order valence-corrected chi connectivity index (χ0v) is 32.9. The van der Waals surface area contributed by atoms with E-state index in [-0.39, 0.29) is 23.6 Å². The number of para-hydroxylation sites is 2. The summed E-state index contributed by atoms with van der Waals surface area (Å²) < 4.78 is 23.3. The number of rotatable bonds is 11. The number of ether oxygens (including phenoxy) is 4. The van der Waals surface area contributed by atoms with Crippen molar-refractivity contribution < 1.29 is 18.9 Å². The van der Waals surface area contributed by atoms with Crippen LogP contribution in [0.5, 0.6) is 23.0 Å². The van der Waals surface area contributed by atoms with Gasteiger partial charge in [-0.05, 0) is 125 Å². The van der Waals surface area contributed by atoms with Gasteiger partial charge in [0.15, 0.2) is 0 Å². The highest BCUT2D eigenvalue weighted by Crippen LogP contribution is 2.28. The minimum absolute atomic E-state index is 0. The van der Waals surface area contributed by atoms with E-state index in [9.17, 15) is 0 Å². The van der Waals surface area contributed by atoms with Crippen LogP contribution in [0.2, 0.25) is 10.0 Å². The van der Waals surface area contributed by atoms with E-state index >= 15 is 0 Å². The summed E-state index contributed by atoms with van der Waals surface area (Å²) in [5.41, 5.74) is -0.245. The first-order valence-electron chi connectivity index (χ1n) is 17.0. The van der Waals surface area contributed by atoms with Crippen LogP contribution in [0, 0.1) is 0 Å².